The molecule has 0 radical (unpaired) electrons. The number of benzene rings is 1. The molecule has 0 bridgehead atoms. The summed E-state index contributed by atoms with van der Waals surface area (Å²) in [7, 11) is 0. The van der Waals surface area contributed by atoms with Crippen LogP contribution in [0.3, 0.4) is 0 Å². The number of piperazine rings is 1. The van der Waals surface area contributed by atoms with Crippen LogP contribution in [-0.2, 0) is 22.4 Å². The largest absolute Gasteiger partial charge is 0.340 e. The third-order valence-electron chi connectivity index (χ3n) is 5.08. The van der Waals surface area contributed by atoms with Crippen molar-refractivity contribution < 1.29 is 9.59 Å². The molecule has 1 aromatic heterocycles. The highest BCUT2D eigenvalue weighted by Gasteiger charge is 2.27. The normalized spacial score (nSPS) is 17.4. The van der Waals surface area contributed by atoms with Gasteiger partial charge in [0.05, 0.1) is 18.5 Å². The number of fused-ring (bicyclic) bond motifs is 1. The highest BCUT2D eigenvalue weighted by Crippen LogP contribution is 2.27. The molecule has 0 spiro atoms. The monoisotopic (exact) mass is 370 g/mol. The number of carbonyl (C=O) groups is 2. The van der Waals surface area contributed by atoms with Gasteiger partial charge in [-0.3, -0.25) is 19.5 Å². The number of hydrogen-bond acceptors (Lipinski definition) is 5. The molecule has 1 fully saturated rings. The van der Waals surface area contributed by atoms with Gasteiger partial charge < -0.3 is 9.80 Å². The molecule has 1 saturated heterocycles. The molecule has 3 heterocycles. The number of rotatable bonds is 4. The molecule has 0 aliphatic carbocycles. The molecule has 1 aromatic carbocycles. The van der Waals surface area contributed by atoms with E-state index in [1.807, 2.05) is 28.0 Å². The molecule has 6 nitrogen and oxygen atoms in total. The molecule has 0 saturated carbocycles. The van der Waals surface area contributed by atoms with Crippen LogP contribution in [0.4, 0.5) is 5.69 Å². The summed E-state index contributed by atoms with van der Waals surface area (Å²) in [5, 5.41) is 0. The van der Waals surface area contributed by atoms with Gasteiger partial charge in [-0.15, -0.1) is 11.3 Å². The number of aromatic nitrogens is 1. The van der Waals surface area contributed by atoms with Crippen molar-refractivity contribution in [2.24, 2.45) is 0 Å². The lowest BCUT2D eigenvalue weighted by Gasteiger charge is -2.35. The Bertz CT molecular complexity index is 785. The summed E-state index contributed by atoms with van der Waals surface area (Å²) in [5.74, 6) is 0.299. The van der Waals surface area contributed by atoms with Crippen molar-refractivity contribution in [3.8, 4) is 0 Å². The van der Waals surface area contributed by atoms with Crippen LogP contribution in [0.1, 0.15) is 10.4 Å². The van der Waals surface area contributed by atoms with Crippen LogP contribution < -0.4 is 4.90 Å². The molecule has 7 heteroatoms. The van der Waals surface area contributed by atoms with Gasteiger partial charge >= 0.3 is 0 Å². The third kappa shape index (κ3) is 3.64. The summed E-state index contributed by atoms with van der Waals surface area (Å²) < 4.78 is 0. The lowest BCUT2D eigenvalue weighted by molar-refractivity contribution is -0.132. The van der Waals surface area contributed by atoms with Crippen molar-refractivity contribution in [2.75, 3.05) is 44.2 Å². The fraction of sp³-hybridized carbons (Fsp3) is 0.421. The maximum Gasteiger partial charge on any atom is 0.241 e. The van der Waals surface area contributed by atoms with Crippen LogP contribution in [0.15, 0.2) is 36.0 Å². The zero-order chi connectivity index (χ0) is 17.9. The zero-order valence-electron chi connectivity index (χ0n) is 14.6. The Morgan fingerprint density at radius 1 is 1.04 bits per heavy atom. The Morgan fingerprint density at radius 2 is 1.85 bits per heavy atom. The second-order valence-corrected chi connectivity index (χ2v) is 7.70. The van der Waals surface area contributed by atoms with Gasteiger partial charge in [0.25, 0.3) is 0 Å². The SMILES string of the molecule is O=C(Cc1cncs1)N1CCN(CC(=O)N2CCc3ccccc32)CC1. The van der Waals surface area contributed by atoms with Gasteiger partial charge in [0.1, 0.15) is 0 Å². The molecule has 2 aromatic rings. The molecule has 0 unspecified atom stereocenters. The van der Waals surface area contributed by atoms with Crippen LogP contribution in [0.5, 0.6) is 0 Å². The minimum atomic E-state index is 0.147. The lowest BCUT2D eigenvalue weighted by atomic mass is 10.2. The second-order valence-electron chi connectivity index (χ2n) is 6.73. The zero-order valence-corrected chi connectivity index (χ0v) is 15.5. The Labute approximate surface area is 157 Å². The van der Waals surface area contributed by atoms with Crippen molar-refractivity contribution in [1.82, 2.24) is 14.8 Å². The Kier molecular flexibility index (Phi) is 4.99. The summed E-state index contributed by atoms with van der Waals surface area (Å²) in [6.45, 7) is 4.05. The average Bonchev–Trinajstić information content (AvgIpc) is 3.31. The molecule has 2 aliphatic rings. The maximum absolute atomic E-state index is 12.7. The Balaban J connectivity index is 1.28. The summed E-state index contributed by atoms with van der Waals surface area (Å²) in [4.78, 5) is 36.0. The number of hydrogen-bond donors (Lipinski definition) is 0. The number of amides is 2. The van der Waals surface area contributed by atoms with Gasteiger partial charge in [-0.05, 0) is 18.1 Å². The maximum atomic E-state index is 12.7. The number of para-hydroxylation sites is 1. The minimum Gasteiger partial charge on any atom is -0.340 e. The van der Waals surface area contributed by atoms with Crippen molar-refractivity contribution >= 4 is 28.8 Å². The van der Waals surface area contributed by atoms with E-state index in [1.54, 1.807) is 11.7 Å². The Morgan fingerprint density at radius 3 is 2.62 bits per heavy atom. The molecule has 4 rings (SSSR count). The van der Waals surface area contributed by atoms with E-state index in [1.165, 1.54) is 16.9 Å². The van der Waals surface area contributed by atoms with E-state index >= 15 is 0 Å². The van der Waals surface area contributed by atoms with Crippen molar-refractivity contribution in [1.29, 1.82) is 0 Å². The summed E-state index contributed by atoms with van der Waals surface area (Å²) in [5.41, 5.74) is 4.05. The molecule has 0 N–H and O–H groups in total. The minimum absolute atomic E-state index is 0.147. The smallest absolute Gasteiger partial charge is 0.241 e. The summed E-state index contributed by atoms with van der Waals surface area (Å²) >= 11 is 1.51. The molecule has 2 amide bonds. The third-order valence-corrected chi connectivity index (χ3v) is 5.86. The van der Waals surface area contributed by atoms with E-state index in [9.17, 15) is 9.59 Å². The fourth-order valence-corrected chi connectivity index (χ4v) is 4.21. The highest BCUT2D eigenvalue weighted by molar-refractivity contribution is 7.09. The molecule has 136 valence electrons. The van der Waals surface area contributed by atoms with Gasteiger partial charge in [0.15, 0.2) is 0 Å². The van der Waals surface area contributed by atoms with Gasteiger partial charge in [-0.1, -0.05) is 18.2 Å². The first kappa shape index (κ1) is 17.2. The van der Waals surface area contributed by atoms with Crippen LogP contribution in [0.2, 0.25) is 0 Å². The van der Waals surface area contributed by atoms with Gasteiger partial charge in [-0.2, -0.15) is 0 Å². The van der Waals surface area contributed by atoms with Crippen LogP contribution in [0.25, 0.3) is 0 Å². The van der Waals surface area contributed by atoms with E-state index in [0.29, 0.717) is 26.1 Å². The van der Waals surface area contributed by atoms with Crippen LogP contribution >= 0.6 is 11.3 Å². The number of carbonyl (C=O) groups excluding carboxylic acids is 2. The molecular formula is C19H22N4O2S. The molecule has 2 aliphatic heterocycles. The molecular weight excluding hydrogens is 348 g/mol. The van der Waals surface area contributed by atoms with Crippen molar-refractivity contribution in [2.45, 2.75) is 12.8 Å². The second kappa shape index (κ2) is 7.55. The van der Waals surface area contributed by atoms with E-state index in [-0.39, 0.29) is 11.8 Å². The first-order valence-electron chi connectivity index (χ1n) is 8.96. The number of thiazole rings is 1. The van der Waals surface area contributed by atoms with Crippen LogP contribution in [0, 0.1) is 0 Å². The quantitative estimate of drug-likeness (QED) is 0.817. The highest BCUT2D eigenvalue weighted by atomic mass is 32.1. The molecule has 0 atom stereocenters. The standard InChI is InChI=1S/C19H22N4O2S/c24-18(11-16-12-20-14-26-16)22-9-7-21(8-10-22)13-19(25)23-6-5-15-3-1-2-4-17(15)23/h1-4,12,14H,5-11,13H2. The lowest BCUT2D eigenvalue weighted by Crippen LogP contribution is -2.51. The van der Waals surface area contributed by atoms with E-state index in [0.717, 1.165) is 36.6 Å². The predicted molar refractivity (Wildman–Crippen MR) is 101 cm³/mol. The summed E-state index contributed by atoms with van der Waals surface area (Å²) in [6.07, 6.45) is 3.11. The van der Waals surface area contributed by atoms with Gasteiger partial charge in [0.2, 0.25) is 11.8 Å². The van der Waals surface area contributed by atoms with Gasteiger partial charge in [0, 0.05) is 49.5 Å². The molecule has 26 heavy (non-hydrogen) atoms. The van der Waals surface area contributed by atoms with E-state index < -0.39 is 0 Å². The predicted octanol–water partition coefficient (Wildman–Crippen LogP) is 1.42. The first-order chi connectivity index (χ1) is 12.7. The van der Waals surface area contributed by atoms with E-state index in [4.69, 9.17) is 0 Å². The summed E-state index contributed by atoms with van der Waals surface area (Å²) in [6, 6.07) is 8.12. The first-order valence-corrected chi connectivity index (χ1v) is 9.84. The average molecular weight is 370 g/mol. The number of nitrogens with zero attached hydrogens (tertiary/aromatic N) is 4. The topological polar surface area (TPSA) is 56.8 Å². The van der Waals surface area contributed by atoms with Crippen molar-refractivity contribution in [3.63, 3.8) is 0 Å². The Hall–Kier alpha value is -2.25. The fourth-order valence-electron chi connectivity index (χ4n) is 3.62. The van der Waals surface area contributed by atoms with Gasteiger partial charge in [-0.25, -0.2) is 0 Å². The van der Waals surface area contributed by atoms with Crippen molar-refractivity contribution in [3.05, 3.63) is 46.4 Å². The van der Waals surface area contributed by atoms with Crippen LogP contribution in [-0.4, -0.2) is 65.9 Å². The van der Waals surface area contributed by atoms with E-state index in [2.05, 4.69) is 16.0 Å². The number of anilines is 1.